The van der Waals surface area contributed by atoms with Crippen molar-refractivity contribution in [1.29, 1.82) is 0 Å². The molecule has 0 spiro atoms. The van der Waals surface area contributed by atoms with Crippen LogP contribution >= 0.6 is 0 Å². The lowest BCUT2D eigenvalue weighted by molar-refractivity contribution is 0.0918. The molecule has 1 aromatic carbocycles. The van der Waals surface area contributed by atoms with Gasteiger partial charge in [0.25, 0.3) is 0 Å². The van der Waals surface area contributed by atoms with Gasteiger partial charge >= 0.3 is 6.03 Å². The first-order valence-electron chi connectivity index (χ1n) is 8.11. The molecule has 0 unspecified atom stereocenters. The Balaban J connectivity index is 1.25. The number of ether oxygens (including phenoxy) is 2. The first-order valence-corrected chi connectivity index (χ1v) is 8.11. The predicted octanol–water partition coefficient (Wildman–Crippen LogP) is 1.97. The summed E-state index contributed by atoms with van der Waals surface area (Å²) in [5.41, 5.74) is 1.65. The largest absolute Gasteiger partial charge is 0.486 e. The lowest BCUT2D eigenvalue weighted by atomic mass is 10.2. The molecule has 25 heavy (non-hydrogen) atoms. The fraction of sp³-hybridized carbons (Fsp3) is 0.222. The number of hydrogen-bond acceptors (Lipinski definition) is 4. The van der Waals surface area contributed by atoms with E-state index in [1.807, 2.05) is 59.3 Å². The normalized spacial score (nSPS) is 15.8. The molecular formula is C18H18N4O3. The van der Waals surface area contributed by atoms with Crippen LogP contribution in [0.1, 0.15) is 5.69 Å². The van der Waals surface area contributed by atoms with Gasteiger partial charge in [-0.05, 0) is 24.3 Å². The van der Waals surface area contributed by atoms with Gasteiger partial charge in [0.2, 0.25) is 0 Å². The number of para-hydroxylation sites is 2. The molecule has 2 amide bonds. The van der Waals surface area contributed by atoms with Gasteiger partial charge in [0.05, 0.1) is 18.8 Å². The summed E-state index contributed by atoms with van der Waals surface area (Å²) in [6, 6.07) is 13.0. The molecule has 7 nitrogen and oxygen atoms in total. The van der Waals surface area contributed by atoms with E-state index in [4.69, 9.17) is 9.47 Å². The Morgan fingerprint density at radius 2 is 2.00 bits per heavy atom. The Morgan fingerprint density at radius 1 is 1.16 bits per heavy atom. The van der Waals surface area contributed by atoms with Crippen LogP contribution in [0.15, 0.2) is 54.9 Å². The number of nitrogens with one attached hydrogen (secondary N) is 2. The lowest BCUT2D eigenvalue weighted by Crippen LogP contribution is -2.44. The van der Waals surface area contributed by atoms with Gasteiger partial charge in [-0.15, -0.1) is 0 Å². The molecule has 3 aromatic rings. The van der Waals surface area contributed by atoms with Crippen molar-refractivity contribution < 1.29 is 14.3 Å². The zero-order valence-corrected chi connectivity index (χ0v) is 13.5. The number of carbonyl (C=O) groups is 1. The van der Waals surface area contributed by atoms with Gasteiger partial charge in [-0.25, -0.2) is 9.78 Å². The van der Waals surface area contributed by atoms with Crippen LogP contribution in [0.5, 0.6) is 11.5 Å². The van der Waals surface area contributed by atoms with Crippen molar-refractivity contribution >= 4 is 11.7 Å². The third-order valence-corrected chi connectivity index (χ3v) is 3.90. The minimum absolute atomic E-state index is 0.212. The molecule has 0 bridgehead atoms. The maximum atomic E-state index is 12.0. The third-order valence-electron chi connectivity index (χ3n) is 3.90. The first kappa shape index (κ1) is 15.3. The van der Waals surface area contributed by atoms with Crippen molar-refractivity contribution in [3.8, 4) is 11.5 Å². The van der Waals surface area contributed by atoms with Gasteiger partial charge in [0, 0.05) is 12.4 Å². The highest BCUT2D eigenvalue weighted by molar-refractivity contribution is 5.73. The predicted molar refractivity (Wildman–Crippen MR) is 91.8 cm³/mol. The number of imidazole rings is 1. The number of carbonyl (C=O) groups excluding carboxylic acids is 1. The highest BCUT2D eigenvalue weighted by Gasteiger charge is 2.20. The van der Waals surface area contributed by atoms with Gasteiger partial charge in [-0.3, -0.25) is 0 Å². The van der Waals surface area contributed by atoms with Crippen LogP contribution in [-0.4, -0.2) is 34.7 Å². The maximum absolute atomic E-state index is 12.0. The van der Waals surface area contributed by atoms with Crippen molar-refractivity contribution in [3.63, 3.8) is 0 Å². The van der Waals surface area contributed by atoms with E-state index in [-0.39, 0.29) is 12.1 Å². The second-order valence-electron chi connectivity index (χ2n) is 5.76. The lowest BCUT2D eigenvalue weighted by Gasteiger charge is -2.26. The van der Waals surface area contributed by atoms with Crippen LogP contribution in [-0.2, 0) is 6.54 Å². The standard InChI is InChI=1S/C18H18N4O3/c23-18(19-9-13-11-22-8-4-3-7-17(22)21-13)20-10-14-12-24-15-5-1-2-6-16(15)25-14/h1-8,11,14H,9-10,12H2,(H2,19,20,23)/t14-/m0/s1. The maximum Gasteiger partial charge on any atom is 0.315 e. The molecule has 3 heterocycles. The summed E-state index contributed by atoms with van der Waals surface area (Å²) in [6.07, 6.45) is 3.60. The van der Waals surface area contributed by atoms with Gasteiger partial charge in [0.15, 0.2) is 17.6 Å². The van der Waals surface area contributed by atoms with E-state index >= 15 is 0 Å². The van der Waals surface area contributed by atoms with Gasteiger partial charge in [-0.1, -0.05) is 18.2 Å². The Hall–Kier alpha value is -3.22. The monoisotopic (exact) mass is 338 g/mol. The van der Waals surface area contributed by atoms with Crippen molar-refractivity contribution in [2.75, 3.05) is 13.2 Å². The molecule has 2 N–H and O–H groups in total. The van der Waals surface area contributed by atoms with Gasteiger partial charge in [-0.2, -0.15) is 0 Å². The highest BCUT2D eigenvalue weighted by Crippen LogP contribution is 2.30. The van der Waals surface area contributed by atoms with Crippen molar-refractivity contribution in [1.82, 2.24) is 20.0 Å². The number of fused-ring (bicyclic) bond motifs is 2. The van der Waals surface area contributed by atoms with Crippen LogP contribution in [0.2, 0.25) is 0 Å². The summed E-state index contributed by atoms with van der Waals surface area (Å²) in [6.45, 7) is 1.13. The van der Waals surface area contributed by atoms with E-state index < -0.39 is 0 Å². The topological polar surface area (TPSA) is 76.9 Å². The van der Waals surface area contributed by atoms with E-state index in [1.165, 1.54) is 0 Å². The van der Waals surface area contributed by atoms with E-state index in [2.05, 4.69) is 15.6 Å². The summed E-state index contributed by atoms with van der Waals surface area (Å²) in [5, 5.41) is 5.59. The molecule has 0 aliphatic carbocycles. The fourth-order valence-electron chi connectivity index (χ4n) is 2.68. The fourth-order valence-corrected chi connectivity index (χ4v) is 2.68. The molecule has 1 atom stereocenters. The number of urea groups is 1. The van der Waals surface area contributed by atoms with E-state index in [1.54, 1.807) is 0 Å². The SMILES string of the molecule is O=C(NCc1cn2ccccc2n1)NC[C@H]1COc2ccccc2O1. The number of amides is 2. The van der Waals surface area contributed by atoms with E-state index in [0.29, 0.717) is 25.4 Å². The highest BCUT2D eigenvalue weighted by atomic mass is 16.6. The smallest absolute Gasteiger partial charge is 0.315 e. The molecule has 0 saturated heterocycles. The van der Waals surface area contributed by atoms with Crippen LogP contribution in [0.25, 0.3) is 5.65 Å². The second kappa shape index (κ2) is 6.72. The van der Waals surface area contributed by atoms with E-state index in [9.17, 15) is 4.79 Å². The molecule has 4 rings (SSSR count). The summed E-state index contributed by atoms with van der Waals surface area (Å²) < 4.78 is 13.3. The molecule has 0 saturated carbocycles. The summed E-state index contributed by atoms with van der Waals surface area (Å²) in [4.78, 5) is 16.4. The number of pyridine rings is 1. The average molecular weight is 338 g/mol. The molecule has 0 radical (unpaired) electrons. The van der Waals surface area contributed by atoms with Crippen molar-refractivity contribution in [2.45, 2.75) is 12.6 Å². The second-order valence-corrected chi connectivity index (χ2v) is 5.76. The molecule has 7 heteroatoms. The average Bonchev–Trinajstić information content (AvgIpc) is 3.07. The summed E-state index contributed by atoms with van der Waals surface area (Å²) in [7, 11) is 0. The molecule has 1 aliphatic rings. The molecule has 1 aliphatic heterocycles. The van der Waals surface area contributed by atoms with Crippen LogP contribution in [0, 0.1) is 0 Å². The van der Waals surface area contributed by atoms with E-state index in [0.717, 1.165) is 17.1 Å². The van der Waals surface area contributed by atoms with Gasteiger partial charge < -0.3 is 24.5 Å². The zero-order chi connectivity index (χ0) is 17.1. The number of benzene rings is 1. The van der Waals surface area contributed by atoms with Gasteiger partial charge in [0.1, 0.15) is 12.3 Å². The number of rotatable bonds is 4. The number of aromatic nitrogens is 2. The minimum atomic E-state index is -0.264. The Bertz CT molecular complexity index is 860. The van der Waals surface area contributed by atoms with Crippen molar-refractivity contribution in [3.05, 3.63) is 60.6 Å². The Labute approximate surface area is 144 Å². The number of hydrogen-bond donors (Lipinski definition) is 2. The third kappa shape index (κ3) is 3.50. The quantitative estimate of drug-likeness (QED) is 0.762. The number of nitrogens with zero attached hydrogens (tertiary/aromatic N) is 2. The van der Waals surface area contributed by atoms with Crippen LogP contribution < -0.4 is 20.1 Å². The van der Waals surface area contributed by atoms with Crippen LogP contribution in [0.3, 0.4) is 0 Å². The zero-order valence-electron chi connectivity index (χ0n) is 13.5. The Kier molecular flexibility index (Phi) is 4.12. The minimum Gasteiger partial charge on any atom is -0.486 e. The molecule has 2 aromatic heterocycles. The molecular weight excluding hydrogens is 320 g/mol. The molecule has 128 valence electrons. The van der Waals surface area contributed by atoms with Crippen LogP contribution in [0.4, 0.5) is 4.79 Å². The summed E-state index contributed by atoms with van der Waals surface area (Å²) >= 11 is 0. The molecule has 0 fully saturated rings. The first-order chi connectivity index (χ1) is 12.3. The summed E-state index contributed by atoms with van der Waals surface area (Å²) in [5.74, 6) is 1.43. The Morgan fingerprint density at radius 3 is 2.88 bits per heavy atom. The van der Waals surface area contributed by atoms with Crippen molar-refractivity contribution in [2.24, 2.45) is 0 Å².